The Balaban J connectivity index is 0.000000185. The van der Waals surface area contributed by atoms with Crippen LogP contribution in [0.15, 0.2) is 65.1 Å². The zero-order chi connectivity index (χ0) is 16.7. The van der Waals surface area contributed by atoms with Crippen LogP contribution in [0.4, 0.5) is 5.69 Å². The molecule has 3 rings (SSSR count). The molecule has 1 aromatic heterocycles. The van der Waals surface area contributed by atoms with Gasteiger partial charge in [0.05, 0.1) is 0 Å². The number of carbonyl (C=O) groups is 1. The number of rotatable bonds is 3. The van der Waals surface area contributed by atoms with E-state index in [1.807, 2.05) is 19.9 Å². The summed E-state index contributed by atoms with van der Waals surface area (Å²) in [6.07, 6.45) is 1.74. The highest BCUT2D eigenvalue weighted by molar-refractivity contribution is 5.76. The molecule has 23 heavy (non-hydrogen) atoms. The Labute approximate surface area is 136 Å². The molecule has 0 amide bonds. The Morgan fingerprint density at radius 2 is 1.74 bits per heavy atom. The Kier molecular flexibility index (Phi) is 5.75. The van der Waals surface area contributed by atoms with E-state index in [1.54, 1.807) is 24.3 Å². The standard InChI is InChI=1S/C13H14O.C7H7NO/c1-10-8-13(11(2)14-10)9-12-6-4-3-5-7-12;8-7-3-1-2-6(4-7)5-9/h3-8H,9H2,1-2H3;1-5H,8H2. The minimum atomic E-state index is 0.620. The van der Waals surface area contributed by atoms with Crippen molar-refractivity contribution in [1.82, 2.24) is 0 Å². The number of benzene rings is 2. The summed E-state index contributed by atoms with van der Waals surface area (Å²) < 4.78 is 5.49. The van der Waals surface area contributed by atoms with E-state index < -0.39 is 0 Å². The minimum absolute atomic E-state index is 0.620. The third kappa shape index (κ3) is 5.15. The third-order valence-electron chi connectivity index (χ3n) is 3.43. The zero-order valence-corrected chi connectivity index (χ0v) is 13.5. The average molecular weight is 307 g/mol. The Morgan fingerprint density at radius 3 is 2.26 bits per heavy atom. The topological polar surface area (TPSA) is 56.2 Å². The molecule has 0 bridgehead atoms. The van der Waals surface area contributed by atoms with E-state index in [0.29, 0.717) is 11.3 Å². The fraction of sp³-hybridized carbons (Fsp3) is 0.150. The van der Waals surface area contributed by atoms with Crippen LogP contribution in [-0.4, -0.2) is 6.29 Å². The first-order valence-electron chi connectivity index (χ1n) is 7.49. The molecule has 0 saturated carbocycles. The largest absolute Gasteiger partial charge is 0.466 e. The SMILES string of the molecule is Cc1cc(Cc2ccccc2)c(C)o1.Nc1cccc(C=O)c1. The van der Waals surface area contributed by atoms with Crippen molar-refractivity contribution in [2.75, 3.05) is 5.73 Å². The maximum absolute atomic E-state index is 10.1. The quantitative estimate of drug-likeness (QED) is 0.569. The molecule has 1 heterocycles. The van der Waals surface area contributed by atoms with Crippen molar-refractivity contribution in [3.8, 4) is 0 Å². The number of aryl methyl sites for hydroxylation is 2. The molecule has 2 aromatic carbocycles. The predicted molar refractivity (Wildman–Crippen MR) is 93.7 cm³/mol. The van der Waals surface area contributed by atoms with E-state index in [1.165, 1.54) is 11.1 Å². The summed E-state index contributed by atoms with van der Waals surface area (Å²) in [5, 5.41) is 0. The number of aldehydes is 1. The predicted octanol–water partition coefficient (Wildman–Crippen LogP) is 4.57. The van der Waals surface area contributed by atoms with E-state index in [9.17, 15) is 4.79 Å². The van der Waals surface area contributed by atoms with Crippen molar-refractivity contribution in [3.63, 3.8) is 0 Å². The van der Waals surface area contributed by atoms with Gasteiger partial charge in [0, 0.05) is 17.7 Å². The van der Waals surface area contributed by atoms with Crippen molar-refractivity contribution >= 4 is 12.0 Å². The van der Waals surface area contributed by atoms with Crippen LogP contribution in [0.1, 0.15) is 33.0 Å². The molecule has 3 heteroatoms. The van der Waals surface area contributed by atoms with Crippen LogP contribution in [-0.2, 0) is 6.42 Å². The molecule has 0 aliphatic rings. The van der Waals surface area contributed by atoms with E-state index in [4.69, 9.17) is 10.2 Å². The molecule has 0 atom stereocenters. The van der Waals surface area contributed by atoms with Gasteiger partial charge in [-0.25, -0.2) is 0 Å². The second-order valence-electron chi connectivity index (χ2n) is 5.39. The van der Waals surface area contributed by atoms with Gasteiger partial charge in [-0.2, -0.15) is 0 Å². The number of anilines is 1. The summed E-state index contributed by atoms with van der Waals surface area (Å²) in [5.41, 5.74) is 9.24. The summed E-state index contributed by atoms with van der Waals surface area (Å²) in [7, 11) is 0. The van der Waals surface area contributed by atoms with Gasteiger partial charge in [0.2, 0.25) is 0 Å². The van der Waals surface area contributed by atoms with Gasteiger partial charge in [-0.15, -0.1) is 0 Å². The van der Waals surface area contributed by atoms with Crippen molar-refractivity contribution in [2.24, 2.45) is 0 Å². The smallest absolute Gasteiger partial charge is 0.150 e. The van der Waals surface area contributed by atoms with Crippen LogP contribution >= 0.6 is 0 Å². The second-order valence-corrected chi connectivity index (χ2v) is 5.39. The monoisotopic (exact) mass is 307 g/mol. The average Bonchev–Trinajstić information content (AvgIpc) is 2.86. The molecule has 3 aromatic rings. The van der Waals surface area contributed by atoms with Crippen LogP contribution in [0.2, 0.25) is 0 Å². The van der Waals surface area contributed by atoms with Gasteiger partial charge in [-0.05, 0) is 43.2 Å². The second kappa shape index (κ2) is 7.99. The normalized spacial score (nSPS) is 9.83. The fourth-order valence-corrected chi connectivity index (χ4v) is 2.31. The van der Waals surface area contributed by atoms with E-state index >= 15 is 0 Å². The first-order valence-corrected chi connectivity index (χ1v) is 7.49. The Bertz CT molecular complexity index is 760. The molecule has 0 aliphatic heterocycles. The van der Waals surface area contributed by atoms with Crippen LogP contribution in [0, 0.1) is 13.8 Å². The lowest BCUT2D eigenvalue weighted by Gasteiger charge is -1.98. The maximum Gasteiger partial charge on any atom is 0.150 e. The van der Waals surface area contributed by atoms with Crippen molar-refractivity contribution in [1.29, 1.82) is 0 Å². The third-order valence-corrected chi connectivity index (χ3v) is 3.43. The van der Waals surface area contributed by atoms with Gasteiger partial charge in [-0.3, -0.25) is 4.79 Å². The molecule has 0 saturated heterocycles. The number of hydrogen-bond donors (Lipinski definition) is 1. The summed E-state index contributed by atoms with van der Waals surface area (Å²) in [4.78, 5) is 10.1. The van der Waals surface area contributed by atoms with E-state index in [-0.39, 0.29) is 0 Å². The van der Waals surface area contributed by atoms with Crippen LogP contribution in [0.5, 0.6) is 0 Å². The number of hydrogen-bond acceptors (Lipinski definition) is 3. The first kappa shape index (κ1) is 16.6. The lowest BCUT2D eigenvalue weighted by atomic mass is 10.1. The van der Waals surface area contributed by atoms with Crippen LogP contribution in [0.3, 0.4) is 0 Å². The number of furan rings is 1. The molecule has 2 N–H and O–H groups in total. The summed E-state index contributed by atoms with van der Waals surface area (Å²) in [6, 6.07) is 19.4. The minimum Gasteiger partial charge on any atom is -0.466 e. The Morgan fingerprint density at radius 1 is 1.00 bits per heavy atom. The summed E-state index contributed by atoms with van der Waals surface area (Å²) in [6.45, 7) is 4.01. The zero-order valence-electron chi connectivity index (χ0n) is 13.5. The van der Waals surface area contributed by atoms with Gasteiger partial charge in [0.1, 0.15) is 17.8 Å². The molecule has 0 aliphatic carbocycles. The highest BCUT2D eigenvalue weighted by atomic mass is 16.3. The lowest BCUT2D eigenvalue weighted by molar-refractivity contribution is 0.112. The molecule has 118 valence electrons. The summed E-state index contributed by atoms with van der Waals surface area (Å²) in [5.74, 6) is 2.03. The maximum atomic E-state index is 10.1. The fourth-order valence-electron chi connectivity index (χ4n) is 2.31. The molecule has 0 spiro atoms. The van der Waals surface area contributed by atoms with Gasteiger partial charge < -0.3 is 10.2 Å². The van der Waals surface area contributed by atoms with Crippen molar-refractivity contribution in [2.45, 2.75) is 20.3 Å². The van der Waals surface area contributed by atoms with E-state index in [0.717, 1.165) is 24.2 Å². The molecule has 0 unspecified atom stereocenters. The Hall–Kier alpha value is -2.81. The first-order chi connectivity index (χ1) is 11.1. The molecule has 0 radical (unpaired) electrons. The number of nitrogens with two attached hydrogens (primary N) is 1. The molecular formula is C20H21NO2. The molecule has 3 nitrogen and oxygen atoms in total. The van der Waals surface area contributed by atoms with Gasteiger partial charge >= 0.3 is 0 Å². The van der Waals surface area contributed by atoms with Crippen LogP contribution < -0.4 is 5.73 Å². The highest BCUT2D eigenvalue weighted by Crippen LogP contribution is 2.17. The van der Waals surface area contributed by atoms with Gasteiger partial charge in [-0.1, -0.05) is 42.5 Å². The van der Waals surface area contributed by atoms with Gasteiger partial charge in [0.15, 0.2) is 0 Å². The summed E-state index contributed by atoms with van der Waals surface area (Å²) >= 11 is 0. The molecule has 0 fully saturated rings. The van der Waals surface area contributed by atoms with Gasteiger partial charge in [0.25, 0.3) is 0 Å². The highest BCUT2D eigenvalue weighted by Gasteiger charge is 2.04. The number of carbonyl (C=O) groups excluding carboxylic acids is 1. The van der Waals surface area contributed by atoms with Crippen molar-refractivity contribution in [3.05, 3.63) is 88.9 Å². The number of nitrogen functional groups attached to an aromatic ring is 1. The molecular weight excluding hydrogens is 286 g/mol. The van der Waals surface area contributed by atoms with E-state index in [2.05, 4.69) is 30.3 Å². The van der Waals surface area contributed by atoms with Crippen LogP contribution in [0.25, 0.3) is 0 Å². The van der Waals surface area contributed by atoms with Crippen molar-refractivity contribution < 1.29 is 9.21 Å². The lowest BCUT2D eigenvalue weighted by Crippen LogP contribution is -1.86.